The van der Waals surface area contributed by atoms with E-state index in [1.807, 2.05) is 0 Å². The Bertz CT molecular complexity index is 1270. The zero-order valence-corrected chi connectivity index (χ0v) is 24.5. The van der Waals surface area contributed by atoms with Crippen molar-refractivity contribution in [2.75, 3.05) is 33.3 Å². The van der Waals surface area contributed by atoms with E-state index < -0.39 is 11.7 Å². The lowest BCUT2D eigenvalue weighted by molar-refractivity contribution is -0.136. The van der Waals surface area contributed by atoms with Gasteiger partial charge in [0.1, 0.15) is 0 Å². The molecule has 2 aromatic rings. The summed E-state index contributed by atoms with van der Waals surface area (Å²) in [6.07, 6.45) is 8.22. The van der Waals surface area contributed by atoms with Gasteiger partial charge >= 0.3 is 11.9 Å². The van der Waals surface area contributed by atoms with Crippen molar-refractivity contribution >= 4 is 5.52 Å². The van der Waals surface area contributed by atoms with Crippen LogP contribution in [-0.2, 0) is 12.7 Å². The number of imidazole rings is 1. The first-order valence-corrected chi connectivity index (χ1v) is 15.7. The molecule has 228 valence electrons. The summed E-state index contributed by atoms with van der Waals surface area (Å²) in [5, 5.41) is 13.4. The van der Waals surface area contributed by atoms with E-state index >= 15 is 0 Å². The molecule has 0 amide bonds. The Balaban J connectivity index is 1.30. The molecule has 6 atom stereocenters. The summed E-state index contributed by atoms with van der Waals surface area (Å²) in [5.41, 5.74) is -0.581. The van der Waals surface area contributed by atoms with Crippen LogP contribution in [0.25, 0.3) is 5.52 Å². The second-order valence-corrected chi connectivity index (χ2v) is 13.6. The molecule has 2 aliphatic carbocycles. The number of hydrogen-bond donors (Lipinski definition) is 2. The van der Waals surface area contributed by atoms with E-state index in [1.165, 1.54) is 35.9 Å². The number of nitrogens with zero attached hydrogens (tertiary/aromatic N) is 4. The van der Waals surface area contributed by atoms with E-state index in [1.54, 1.807) is 10.8 Å². The summed E-state index contributed by atoms with van der Waals surface area (Å²) in [6, 6.07) is 1.21. The maximum Gasteiger partial charge on any atom is 0.418 e. The van der Waals surface area contributed by atoms with Gasteiger partial charge in [0.25, 0.3) is 0 Å². The minimum atomic E-state index is -4.54. The number of pyridine rings is 1. The van der Waals surface area contributed by atoms with Crippen LogP contribution in [0.15, 0.2) is 23.3 Å². The fraction of sp³-hybridized carbons (Fsp3) is 0.774. The molecule has 0 spiro atoms. The molecule has 7 nitrogen and oxygen atoms in total. The van der Waals surface area contributed by atoms with E-state index in [0.29, 0.717) is 35.8 Å². The molecule has 6 rings (SSSR count). The Morgan fingerprint density at radius 1 is 1.05 bits per heavy atom. The average Bonchev–Trinajstić information content (AvgIpc) is 3.44. The number of halogens is 3. The fourth-order valence-corrected chi connectivity index (χ4v) is 8.45. The molecule has 4 fully saturated rings. The van der Waals surface area contributed by atoms with E-state index in [4.69, 9.17) is 0 Å². The number of aliphatic hydroxyl groups is 1. The molecule has 0 radical (unpaired) electrons. The molecule has 0 bridgehead atoms. The summed E-state index contributed by atoms with van der Waals surface area (Å²) >= 11 is 0. The Morgan fingerprint density at radius 3 is 2.46 bits per heavy atom. The summed E-state index contributed by atoms with van der Waals surface area (Å²) in [7, 11) is 2.12. The highest BCUT2D eigenvalue weighted by Crippen LogP contribution is 2.47. The first-order valence-electron chi connectivity index (χ1n) is 15.7. The number of fused-ring (bicyclic) bond motifs is 1. The summed E-state index contributed by atoms with van der Waals surface area (Å²) in [5.74, 6) is 1.92. The number of aliphatic hydroxyl groups excluding tert-OH is 1. The number of likely N-dealkylation sites (tertiary alicyclic amines) is 1. The third-order valence-corrected chi connectivity index (χ3v) is 10.6. The molecule has 4 heterocycles. The molecule has 41 heavy (non-hydrogen) atoms. The molecule has 2 saturated heterocycles. The van der Waals surface area contributed by atoms with Crippen molar-refractivity contribution in [2.45, 2.75) is 95.7 Å². The van der Waals surface area contributed by atoms with Crippen LogP contribution < -0.4 is 11.0 Å². The van der Waals surface area contributed by atoms with Crippen molar-refractivity contribution in [2.24, 2.45) is 23.7 Å². The minimum absolute atomic E-state index is 0.0427. The number of rotatable bonds is 7. The van der Waals surface area contributed by atoms with Crippen molar-refractivity contribution in [1.82, 2.24) is 24.1 Å². The maximum atomic E-state index is 14.3. The molecular formula is C31H46F3N5O2. The lowest BCUT2D eigenvalue weighted by atomic mass is 9.65. The molecule has 2 saturated carbocycles. The number of likely N-dealkylation sites (N-methyl/N-ethyl adjacent to an activating group) is 1. The normalized spacial score (nSPS) is 31.5. The molecule has 10 heteroatoms. The van der Waals surface area contributed by atoms with Crippen molar-refractivity contribution in [3.8, 4) is 0 Å². The minimum Gasteiger partial charge on any atom is -0.395 e. The summed E-state index contributed by atoms with van der Waals surface area (Å²) < 4.78 is 45.9. The van der Waals surface area contributed by atoms with Crippen molar-refractivity contribution in [3.63, 3.8) is 0 Å². The van der Waals surface area contributed by atoms with Crippen LogP contribution in [0.5, 0.6) is 0 Å². The van der Waals surface area contributed by atoms with Crippen LogP contribution in [0, 0.1) is 23.7 Å². The Kier molecular flexibility index (Phi) is 8.30. The second-order valence-electron chi connectivity index (χ2n) is 13.6. The summed E-state index contributed by atoms with van der Waals surface area (Å²) in [6.45, 7) is 5.26. The Hall–Kier alpha value is -1.88. The smallest absolute Gasteiger partial charge is 0.395 e. The Labute approximate surface area is 240 Å². The van der Waals surface area contributed by atoms with Gasteiger partial charge in [-0.15, -0.1) is 0 Å². The molecule has 2 N–H and O–H groups in total. The fourth-order valence-electron chi connectivity index (χ4n) is 8.45. The molecule has 2 aromatic heterocycles. The van der Waals surface area contributed by atoms with E-state index in [0.717, 1.165) is 58.2 Å². The quantitative estimate of drug-likeness (QED) is 0.499. The SMILES string of the molecule is C[C@H]1CCCN(Cc2cc(C(F)(F)F)c3cn(C4CCCC([C@@H](C5CCC5)C5NC(CO)CN5C)C4)c(=O)n3c2)C1. The third-order valence-electron chi connectivity index (χ3n) is 10.6. The van der Waals surface area contributed by atoms with E-state index in [2.05, 4.69) is 29.1 Å². The molecular weight excluding hydrogens is 531 g/mol. The van der Waals surface area contributed by atoms with Gasteiger partial charge in [-0.25, -0.2) is 4.79 Å². The second kappa shape index (κ2) is 11.7. The van der Waals surface area contributed by atoms with Crippen molar-refractivity contribution in [1.29, 1.82) is 0 Å². The first-order chi connectivity index (χ1) is 19.6. The summed E-state index contributed by atoms with van der Waals surface area (Å²) in [4.78, 5) is 18.3. The molecule has 0 aromatic carbocycles. The van der Waals surface area contributed by atoms with Crippen LogP contribution in [0.4, 0.5) is 13.2 Å². The predicted octanol–water partition coefficient (Wildman–Crippen LogP) is 4.72. The van der Waals surface area contributed by atoms with Gasteiger partial charge in [0.2, 0.25) is 0 Å². The van der Waals surface area contributed by atoms with Gasteiger partial charge in [-0.05, 0) is 81.0 Å². The van der Waals surface area contributed by atoms with Crippen LogP contribution >= 0.6 is 0 Å². The number of nitrogens with one attached hydrogen (secondary N) is 1. The number of aromatic nitrogens is 2. The number of alkyl halides is 3. The van der Waals surface area contributed by atoms with Crippen molar-refractivity contribution < 1.29 is 18.3 Å². The van der Waals surface area contributed by atoms with Gasteiger partial charge in [-0.3, -0.25) is 24.1 Å². The number of piperidine rings is 1. The molecule has 4 unspecified atom stereocenters. The highest BCUT2D eigenvalue weighted by molar-refractivity contribution is 5.56. The number of hydrogen-bond acceptors (Lipinski definition) is 5. The van der Waals surface area contributed by atoms with Gasteiger partial charge in [0, 0.05) is 44.1 Å². The highest BCUT2D eigenvalue weighted by Gasteiger charge is 2.45. The van der Waals surface area contributed by atoms with E-state index in [9.17, 15) is 23.1 Å². The molecule has 4 aliphatic rings. The zero-order valence-electron chi connectivity index (χ0n) is 24.5. The van der Waals surface area contributed by atoms with Crippen LogP contribution in [0.1, 0.15) is 81.9 Å². The largest absolute Gasteiger partial charge is 0.418 e. The lowest BCUT2D eigenvalue weighted by Crippen LogP contribution is -2.50. The average molecular weight is 578 g/mol. The standard InChI is InChI=1S/C31H46F3N5O2/c1-20-6-5-11-37(14-20)15-21-12-26(31(32,33)34)27-18-38(30(41)39(27)16-21)25-10-4-9-23(13-25)28(22-7-3-8-22)29-35-24(19-40)17-36(29)2/h12,16,18,20,22-25,28-29,35,40H,3-11,13-15,17,19H2,1-2H3/t20-,23?,24?,25?,28+,29?/m0/s1. The predicted molar refractivity (Wildman–Crippen MR) is 153 cm³/mol. The van der Waals surface area contributed by atoms with Crippen LogP contribution in [-0.4, -0.2) is 69.4 Å². The highest BCUT2D eigenvalue weighted by atomic mass is 19.4. The molecule has 2 aliphatic heterocycles. The zero-order chi connectivity index (χ0) is 28.9. The lowest BCUT2D eigenvalue weighted by Gasteiger charge is -2.46. The van der Waals surface area contributed by atoms with E-state index in [-0.39, 0.29) is 36.1 Å². The monoisotopic (exact) mass is 577 g/mol. The topological polar surface area (TPSA) is 65.2 Å². The Morgan fingerprint density at radius 2 is 1.80 bits per heavy atom. The first kappa shape index (κ1) is 29.2. The van der Waals surface area contributed by atoms with Gasteiger partial charge in [-0.1, -0.05) is 32.6 Å². The van der Waals surface area contributed by atoms with Crippen molar-refractivity contribution in [3.05, 3.63) is 40.1 Å². The van der Waals surface area contributed by atoms with Crippen LogP contribution in [0.2, 0.25) is 0 Å². The van der Waals surface area contributed by atoms with Gasteiger partial charge in [0.15, 0.2) is 0 Å². The van der Waals surface area contributed by atoms with Gasteiger partial charge in [0.05, 0.1) is 23.9 Å². The van der Waals surface area contributed by atoms with Gasteiger partial charge < -0.3 is 5.11 Å². The third kappa shape index (κ3) is 5.86. The maximum absolute atomic E-state index is 14.3. The van der Waals surface area contributed by atoms with Crippen LogP contribution in [0.3, 0.4) is 0 Å². The van der Waals surface area contributed by atoms with Gasteiger partial charge in [-0.2, -0.15) is 13.2 Å².